The van der Waals surface area contributed by atoms with Gasteiger partial charge in [0.25, 0.3) is 5.91 Å². The number of fused-ring (bicyclic) bond motifs is 1. The standard InChI is InChI=1S/C31H40N4OS/c1-2-19-35(25-16-17-28-29(21-25)37-31(32)34-28)20-18-22-12-14-24(15-13-22)33-30(36)27-11-7-6-10-26(27)23-8-4-3-5-9-23/h3-11,22,24-25H,2,12-21H2,1H3,(H2,32,34)(H,33,36). The van der Waals surface area contributed by atoms with E-state index in [2.05, 4.69) is 34.3 Å². The molecule has 1 amide bonds. The first-order chi connectivity index (χ1) is 18.1. The Morgan fingerprint density at radius 2 is 1.78 bits per heavy atom. The zero-order valence-corrected chi connectivity index (χ0v) is 22.8. The fourth-order valence-electron chi connectivity index (χ4n) is 6.21. The van der Waals surface area contributed by atoms with Gasteiger partial charge in [-0.05, 0) is 94.0 Å². The Balaban J connectivity index is 1.11. The van der Waals surface area contributed by atoms with Crippen molar-refractivity contribution in [2.75, 3.05) is 18.8 Å². The Kier molecular flexibility index (Phi) is 8.57. The lowest BCUT2D eigenvalue weighted by Crippen LogP contribution is -2.41. The average molecular weight is 517 g/mol. The molecular weight excluding hydrogens is 476 g/mol. The zero-order chi connectivity index (χ0) is 25.6. The number of aromatic nitrogens is 1. The number of nitrogens with one attached hydrogen (secondary N) is 1. The highest BCUT2D eigenvalue weighted by molar-refractivity contribution is 7.15. The maximum atomic E-state index is 13.2. The molecule has 6 heteroatoms. The summed E-state index contributed by atoms with van der Waals surface area (Å²) in [5.41, 5.74) is 10.1. The van der Waals surface area contributed by atoms with E-state index < -0.39 is 0 Å². The Morgan fingerprint density at radius 1 is 1.03 bits per heavy atom. The van der Waals surface area contributed by atoms with Crippen molar-refractivity contribution in [3.63, 3.8) is 0 Å². The quantitative estimate of drug-likeness (QED) is 0.348. The molecule has 2 aromatic carbocycles. The number of carbonyl (C=O) groups is 1. The van der Waals surface area contributed by atoms with Gasteiger partial charge in [-0.15, -0.1) is 11.3 Å². The summed E-state index contributed by atoms with van der Waals surface area (Å²) in [7, 11) is 0. The predicted molar refractivity (Wildman–Crippen MR) is 154 cm³/mol. The smallest absolute Gasteiger partial charge is 0.252 e. The first kappa shape index (κ1) is 25.9. The number of anilines is 1. The third kappa shape index (κ3) is 6.42. The monoisotopic (exact) mass is 516 g/mol. The zero-order valence-electron chi connectivity index (χ0n) is 22.0. The molecule has 1 atom stereocenters. The Hall–Kier alpha value is -2.70. The Labute approximate surface area is 225 Å². The number of benzene rings is 2. The highest BCUT2D eigenvalue weighted by Gasteiger charge is 2.28. The first-order valence-corrected chi connectivity index (χ1v) is 14.9. The van der Waals surface area contributed by atoms with Crippen molar-refractivity contribution in [3.05, 3.63) is 70.7 Å². The number of carbonyl (C=O) groups excluding carboxylic acids is 1. The van der Waals surface area contributed by atoms with Gasteiger partial charge >= 0.3 is 0 Å². The van der Waals surface area contributed by atoms with Crippen molar-refractivity contribution in [3.8, 4) is 11.1 Å². The summed E-state index contributed by atoms with van der Waals surface area (Å²) >= 11 is 1.68. The minimum atomic E-state index is 0.0531. The molecule has 0 saturated heterocycles. The second kappa shape index (κ2) is 12.2. The van der Waals surface area contributed by atoms with Gasteiger partial charge in [-0.3, -0.25) is 4.79 Å². The predicted octanol–water partition coefficient (Wildman–Crippen LogP) is 6.34. The maximum absolute atomic E-state index is 13.2. The second-order valence-electron chi connectivity index (χ2n) is 10.7. The van der Waals surface area contributed by atoms with Crippen LogP contribution in [0.15, 0.2) is 54.6 Å². The number of nitrogens with two attached hydrogens (primary N) is 1. The minimum Gasteiger partial charge on any atom is -0.375 e. The van der Waals surface area contributed by atoms with E-state index in [1.807, 2.05) is 42.5 Å². The van der Waals surface area contributed by atoms with Crippen LogP contribution in [0.2, 0.25) is 0 Å². The SMILES string of the molecule is CCCN(CCC1CCC(NC(=O)c2ccccc2-c2ccccc2)CC1)C1CCc2nc(N)sc2C1. The minimum absolute atomic E-state index is 0.0531. The number of rotatable bonds is 9. The lowest BCUT2D eigenvalue weighted by atomic mass is 9.83. The fraction of sp³-hybridized carbons (Fsp3) is 0.484. The molecule has 3 aromatic rings. The van der Waals surface area contributed by atoms with Crippen molar-refractivity contribution >= 4 is 22.4 Å². The van der Waals surface area contributed by atoms with Gasteiger partial charge < -0.3 is 16.0 Å². The maximum Gasteiger partial charge on any atom is 0.252 e. The number of thiazole rings is 1. The van der Waals surface area contributed by atoms with E-state index in [1.54, 1.807) is 11.3 Å². The van der Waals surface area contributed by atoms with Crippen molar-refractivity contribution in [1.29, 1.82) is 0 Å². The van der Waals surface area contributed by atoms with Crippen LogP contribution in [0, 0.1) is 5.92 Å². The van der Waals surface area contributed by atoms with Crippen molar-refractivity contribution < 1.29 is 4.79 Å². The van der Waals surface area contributed by atoms with Gasteiger partial charge in [0.1, 0.15) is 0 Å². The third-order valence-electron chi connectivity index (χ3n) is 8.22. The number of hydrogen-bond donors (Lipinski definition) is 2. The molecule has 0 aliphatic heterocycles. The summed E-state index contributed by atoms with van der Waals surface area (Å²) < 4.78 is 0. The fourth-order valence-corrected chi connectivity index (χ4v) is 7.16. The summed E-state index contributed by atoms with van der Waals surface area (Å²) in [4.78, 5) is 21.9. The molecule has 0 radical (unpaired) electrons. The van der Waals surface area contributed by atoms with E-state index in [4.69, 9.17) is 5.73 Å². The van der Waals surface area contributed by atoms with Crippen molar-refractivity contribution in [2.24, 2.45) is 5.92 Å². The van der Waals surface area contributed by atoms with Gasteiger partial charge in [0.15, 0.2) is 5.13 Å². The van der Waals surface area contributed by atoms with E-state index in [1.165, 1.54) is 55.8 Å². The van der Waals surface area contributed by atoms with Crippen molar-refractivity contribution in [1.82, 2.24) is 15.2 Å². The molecule has 0 bridgehead atoms. The van der Waals surface area contributed by atoms with Crippen LogP contribution in [0.5, 0.6) is 0 Å². The number of amides is 1. The normalized spacial score (nSPS) is 21.5. The molecule has 37 heavy (non-hydrogen) atoms. The second-order valence-corrected chi connectivity index (χ2v) is 11.9. The van der Waals surface area contributed by atoms with Crippen molar-refractivity contribution in [2.45, 2.75) is 76.8 Å². The van der Waals surface area contributed by atoms with Crippen LogP contribution in [0.4, 0.5) is 5.13 Å². The number of hydrogen-bond acceptors (Lipinski definition) is 5. The molecule has 1 saturated carbocycles. The number of nitrogen functional groups attached to an aromatic ring is 1. The summed E-state index contributed by atoms with van der Waals surface area (Å²) in [6.07, 6.45) is 10.4. The first-order valence-electron chi connectivity index (χ1n) is 14.0. The molecule has 3 N–H and O–H groups in total. The summed E-state index contributed by atoms with van der Waals surface area (Å²) in [5.74, 6) is 0.805. The lowest BCUT2D eigenvalue weighted by Gasteiger charge is -2.36. The van der Waals surface area contributed by atoms with Gasteiger partial charge in [0, 0.05) is 22.5 Å². The van der Waals surface area contributed by atoms with E-state index in [9.17, 15) is 4.79 Å². The molecular formula is C31H40N4OS. The molecule has 1 heterocycles. The molecule has 1 unspecified atom stereocenters. The van der Waals surface area contributed by atoms with E-state index >= 15 is 0 Å². The van der Waals surface area contributed by atoms with Crippen LogP contribution in [-0.2, 0) is 12.8 Å². The van der Waals surface area contributed by atoms with Crippen LogP contribution >= 0.6 is 11.3 Å². The van der Waals surface area contributed by atoms with Crippen LogP contribution in [0.1, 0.15) is 72.8 Å². The third-order valence-corrected chi connectivity index (χ3v) is 9.17. The van der Waals surface area contributed by atoms with Gasteiger partial charge in [0.05, 0.1) is 5.69 Å². The average Bonchev–Trinajstić information content (AvgIpc) is 3.31. The highest BCUT2D eigenvalue weighted by atomic mass is 32.1. The number of nitrogens with zero attached hydrogens (tertiary/aromatic N) is 2. The molecule has 0 spiro atoms. The van der Waals surface area contributed by atoms with E-state index in [-0.39, 0.29) is 11.9 Å². The highest BCUT2D eigenvalue weighted by Crippen LogP contribution is 2.32. The Morgan fingerprint density at radius 3 is 2.57 bits per heavy atom. The molecule has 2 aliphatic rings. The molecule has 1 aromatic heterocycles. The molecule has 5 nitrogen and oxygen atoms in total. The molecule has 5 rings (SSSR count). The van der Waals surface area contributed by atoms with E-state index in [0.717, 1.165) is 53.4 Å². The van der Waals surface area contributed by atoms with Gasteiger partial charge in [-0.2, -0.15) is 0 Å². The van der Waals surface area contributed by atoms with Gasteiger partial charge in [-0.1, -0.05) is 55.5 Å². The number of aryl methyl sites for hydroxylation is 1. The Bertz CT molecular complexity index is 1170. The topological polar surface area (TPSA) is 71.2 Å². The van der Waals surface area contributed by atoms with Crippen LogP contribution < -0.4 is 11.1 Å². The molecule has 1 fully saturated rings. The van der Waals surface area contributed by atoms with Crippen LogP contribution in [-0.4, -0.2) is 41.0 Å². The largest absolute Gasteiger partial charge is 0.375 e. The summed E-state index contributed by atoms with van der Waals surface area (Å²) in [6, 6.07) is 19.0. The molecule has 196 valence electrons. The molecule has 2 aliphatic carbocycles. The van der Waals surface area contributed by atoms with Gasteiger partial charge in [0.2, 0.25) is 0 Å². The van der Waals surface area contributed by atoms with E-state index in [0.29, 0.717) is 6.04 Å². The van der Waals surface area contributed by atoms with Crippen LogP contribution in [0.3, 0.4) is 0 Å². The van der Waals surface area contributed by atoms with Gasteiger partial charge in [-0.25, -0.2) is 4.98 Å². The summed E-state index contributed by atoms with van der Waals surface area (Å²) in [6.45, 7) is 4.63. The van der Waals surface area contributed by atoms with Crippen LogP contribution in [0.25, 0.3) is 11.1 Å². The summed E-state index contributed by atoms with van der Waals surface area (Å²) in [5, 5.41) is 4.07. The lowest BCUT2D eigenvalue weighted by molar-refractivity contribution is 0.0918.